The molecule has 0 spiro atoms. The van der Waals surface area contributed by atoms with Crippen molar-refractivity contribution in [3.8, 4) is 11.8 Å². The van der Waals surface area contributed by atoms with Crippen LogP contribution in [0.4, 0.5) is 22.0 Å². The Bertz CT molecular complexity index is 562. The average molecular weight is 295 g/mol. The number of carbonyl (C=O) groups is 1. The van der Waals surface area contributed by atoms with Crippen molar-refractivity contribution in [2.75, 3.05) is 7.11 Å². The standard InChI is InChI=1S/C11H6F5NO3/c1-19-10(18)7-3-5(20-11(14,15)16)2-6(9(12)13)8(7)4-17/h2-3,9H,1H3. The summed E-state index contributed by atoms with van der Waals surface area (Å²) in [6.07, 6.45) is -8.38. The number of halogens is 5. The monoisotopic (exact) mass is 295 g/mol. The van der Waals surface area contributed by atoms with E-state index in [4.69, 9.17) is 5.26 Å². The predicted octanol–water partition coefficient (Wildman–Crippen LogP) is 3.18. The van der Waals surface area contributed by atoms with Gasteiger partial charge in [0.15, 0.2) is 0 Å². The number of carbonyl (C=O) groups excluding carboxylic acids is 1. The summed E-state index contributed by atoms with van der Waals surface area (Å²) in [7, 11) is 0.892. The fourth-order valence-electron chi connectivity index (χ4n) is 1.40. The topological polar surface area (TPSA) is 59.3 Å². The molecule has 1 aromatic carbocycles. The third-order valence-electron chi connectivity index (χ3n) is 2.13. The molecule has 0 amide bonds. The molecule has 9 heteroatoms. The summed E-state index contributed by atoms with van der Waals surface area (Å²) in [5, 5.41) is 8.76. The van der Waals surface area contributed by atoms with Gasteiger partial charge in [0, 0.05) is 5.56 Å². The number of nitrogens with zero attached hydrogens (tertiary/aromatic N) is 1. The van der Waals surface area contributed by atoms with E-state index < -0.39 is 41.2 Å². The normalized spacial score (nSPS) is 11.1. The van der Waals surface area contributed by atoms with Crippen LogP contribution in [0, 0.1) is 11.3 Å². The molecule has 108 valence electrons. The quantitative estimate of drug-likeness (QED) is 0.634. The molecule has 1 rings (SSSR count). The first-order valence-corrected chi connectivity index (χ1v) is 4.90. The maximum absolute atomic E-state index is 12.7. The van der Waals surface area contributed by atoms with Gasteiger partial charge < -0.3 is 9.47 Å². The molecule has 20 heavy (non-hydrogen) atoms. The summed E-state index contributed by atoms with van der Waals surface area (Å²) in [6, 6.07) is 2.20. The molecule has 0 radical (unpaired) electrons. The first-order chi connectivity index (χ1) is 9.19. The van der Waals surface area contributed by atoms with E-state index in [0.717, 1.165) is 7.11 Å². The minimum atomic E-state index is -5.12. The molecule has 0 heterocycles. The summed E-state index contributed by atoms with van der Waals surface area (Å²) < 4.78 is 69.4. The third-order valence-corrected chi connectivity index (χ3v) is 2.13. The fourth-order valence-corrected chi connectivity index (χ4v) is 1.40. The van der Waals surface area contributed by atoms with Gasteiger partial charge in [0.1, 0.15) is 11.8 Å². The molecule has 1 aromatic rings. The molecular weight excluding hydrogens is 289 g/mol. The maximum atomic E-state index is 12.7. The molecule has 0 unspecified atom stereocenters. The summed E-state index contributed by atoms with van der Waals surface area (Å²) in [4.78, 5) is 11.3. The van der Waals surface area contributed by atoms with Crippen molar-refractivity contribution in [1.29, 1.82) is 5.26 Å². The molecule has 0 aliphatic heterocycles. The Labute approximate surface area is 109 Å². The third kappa shape index (κ3) is 3.57. The number of rotatable bonds is 3. The van der Waals surface area contributed by atoms with Gasteiger partial charge in [0.2, 0.25) is 0 Å². The molecule has 0 atom stereocenters. The van der Waals surface area contributed by atoms with Crippen molar-refractivity contribution in [3.63, 3.8) is 0 Å². The second kappa shape index (κ2) is 5.73. The molecule has 4 nitrogen and oxygen atoms in total. The molecule has 0 aromatic heterocycles. The predicted molar refractivity (Wildman–Crippen MR) is 54.1 cm³/mol. The van der Waals surface area contributed by atoms with Crippen LogP contribution in [0.1, 0.15) is 27.9 Å². The van der Waals surface area contributed by atoms with Gasteiger partial charge in [-0.25, -0.2) is 13.6 Å². The van der Waals surface area contributed by atoms with Crippen LogP contribution in [0.25, 0.3) is 0 Å². The number of benzene rings is 1. The van der Waals surface area contributed by atoms with E-state index >= 15 is 0 Å². The van der Waals surface area contributed by atoms with E-state index in [0.29, 0.717) is 12.1 Å². The molecular formula is C11H6F5NO3. The van der Waals surface area contributed by atoms with Gasteiger partial charge in [0.25, 0.3) is 6.43 Å². The highest BCUT2D eigenvalue weighted by Crippen LogP contribution is 2.32. The van der Waals surface area contributed by atoms with Gasteiger partial charge in [-0.1, -0.05) is 0 Å². The lowest BCUT2D eigenvalue weighted by Crippen LogP contribution is -2.18. The SMILES string of the molecule is COC(=O)c1cc(OC(F)(F)F)cc(C(F)F)c1C#N. The van der Waals surface area contributed by atoms with Crippen molar-refractivity contribution >= 4 is 5.97 Å². The van der Waals surface area contributed by atoms with E-state index in [1.807, 2.05) is 0 Å². The molecule has 0 saturated carbocycles. The smallest absolute Gasteiger partial charge is 0.465 e. The van der Waals surface area contributed by atoms with Gasteiger partial charge in [-0.05, 0) is 12.1 Å². The van der Waals surface area contributed by atoms with Crippen molar-refractivity contribution in [1.82, 2.24) is 0 Å². The molecule has 0 fully saturated rings. The van der Waals surface area contributed by atoms with E-state index in [9.17, 15) is 26.7 Å². The Balaban J connectivity index is 3.49. The van der Waals surface area contributed by atoms with Crippen LogP contribution in [0.5, 0.6) is 5.75 Å². The minimum Gasteiger partial charge on any atom is -0.465 e. The van der Waals surface area contributed by atoms with Crippen LogP contribution in [0.2, 0.25) is 0 Å². The molecule has 0 aliphatic rings. The molecule has 0 bridgehead atoms. The number of esters is 1. The highest BCUT2D eigenvalue weighted by Gasteiger charge is 2.33. The van der Waals surface area contributed by atoms with Gasteiger partial charge in [-0.15, -0.1) is 13.2 Å². The van der Waals surface area contributed by atoms with E-state index in [1.165, 1.54) is 6.07 Å². The summed E-state index contributed by atoms with van der Waals surface area (Å²) >= 11 is 0. The largest absolute Gasteiger partial charge is 0.573 e. The Morgan fingerprint density at radius 2 is 1.95 bits per heavy atom. The molecule has 0 N–H and O–H groups in total. The number of nitriles is 1. The fraction of sp³-hybridized carbons (Fsp3) is 0.273. The van der Waals surface area contributed by atoms with Crippen LogP contribution >= 0.6 is 0 Å². The second-order valence-corrected chi connectivity index (χ2v) is 3.39. The number of alkyl halides is 5. The maximum Gasteiger partial charge on any atom is 0.573 e. The number of methoxy groups -OCH3 is 1. The Hall–Kier alpha value is -2.37. The van der Waals surface area contributed by atoms with Crippen molar-refractivity contribution < 1.29 is 36.2 Å². The number of hydrogen-bond acceptors (Lipinski definition) is 4. The van der Waals surface area contributed by atoms with E-state index in [-0.39, 0.29) is 0 Å². The molecule has 0 aliphatic carbocycles. The Morgan fingerprint density at radius 1 is 1.35 bits per heavy atom. The Morgan fingerprint density at radius 3 is 2.35 bits per heavy atom. The highest BCUT2D eigenvalue weighted by molar-refractivity contribution is 5.93. The van der Waals surface area contributed by atoms with E-state index in [2.05, 4.69) is 9.47 Å². The number of ether oxygens (including phenoxy) is 2. The van der Waals surface area contributed by atoms with Crippen molar-refractivity contribution in [2.45, 2.75) is 12.8 Å². The van der Waals surface area contributed by atoms with Crippen LogP contribution in [0.15, 0.2) is 12.1 Å². The van der Waals surface area contributed by atoms with Gasteiger partial charge in [-0.3, -0.25) is 0 Å². The summed E-state index contributed by atoms with van der Waals surface area (Å²) in [5.41, 5.74) is -2.54. The van der Waals surface area contributed by atoms with Crippen LogP contribution < -0.4 is 4.74 Å². The average Bonchev–Trinajstić information content (AvgIpc) is 2.34. The zero-order valence-electron chi connectivity index (χ0n) is 9.79. The van der Waals surface area contributed by atoms with Crippen LogP contribution in [-0.2, 0) is 4.74 Å². The second-order valence-electron chi connectivity index (χ2n) is 3.39. The zero-order chi connectivity index (χ0) is 15.5. The van der Waals surface area contributed by atoms with Crippen molar-refractivity contribution in [2.24, 2.45) is 0 Å². The first kappa shape index (κ1) is 15.7. The van der Waals surface area contributed by atoms with Crippen LogP contribution in [0.3, 0.4) is 0 Å². The number of hydrogen-bond donors (Lipinski definition) is 0. The lowest BCUT2D eigenvalue weighted by atomic mass is 10.0. The van der Waals surface area contributed by atoms with Gasteiger partial charge in [-0.2, -0.15) is 5.26 Å². The highest BCUT2D eigenvalue weighted by atomic mass is 19.4. The van der Waals surface area contributed by atoms with Gasteiger partial charge in [0.05, 0.1) is 18.2 Å². The van der Waals surface area contributed by atoms with E-state index in [1.54, 1.807) is 0 Å². The molecule has 0 saturated heterocycles. The minimum absolute atomic E-state index is 0.350. The first-order valence-electron chi connectivity index (χ1n) is 4.90. The Kier molecular flexibility index (Phi) is 4.49. The van der Waals surface area contributed by atoms with Gasteiger partial charge >= 0.3 is 12.3 Å². The summed E-state index contributed by atoms with van der Waals surface area (Å²) in [6.45, 7) is 0. The lowest BCUT2D eigenvalue weighted by Gasteiger charge is -2.13. The van der Waals surface area contributed by atoms with Crippen molar-refractivity contribution in [3.05, 3.63) is 28.8 Å². The van der Waals surface area contributed by atoms with Crippen LogP contribution in [-0.4, -0.2) is 19.4 Å². The summed E-state index contributed by atoms with van der Waals surface area (Å²) in [5.74, 6) is -2.26. The zero-order valence-corrected chi connectivity index (χ0v) is 9.79. The lowest BCUT2D eigenvalue weighted by molar-refractivity contribution is -0.274.